The lowest BCUT2D eigenvalue weighted by Crippen LogP contribution is -1.92. The van der Waals surface area contributed by atoms with Crippen LogP contribution in [0.3, 0.4) is 0 Å². The summed E-state index contributed by atoms with van der Waals surface area (Å²) in [6, 6.07) is 30.9. The van der Waals surface area contributed by atoms with Crippen molar-refractivity contribution in [2.45, 2.75) is 39.0 Å². The molecule has 32 heavy (non-hydrogen) atoms. The van der Waals surface area contributed by atoms with E-state index in [0.29, 0.717) is 0 Å². The van der Waals surface area contributed by atoms with E-state index in [9.17, 15) is 0 Å². The van der Waals surface area contributed by atoms with Crippen LogP contribution < -0.4 is 0 Å². The second kappa shape index (κ2) is 9.01. The van der Waals surface area contributed by atoms with E-state index in [1.807, 2.05) is 6.08 Å². The van der Waals surface area contributed by atoms with Gasteiger partial charge in [-0.05, 0) is 91.3 Å². The van der Waals surface area contributed by atoms with Gasteiger partial charge in [-0.15, -0.1) is 0 Å². The first-order valence-corrected chi connectivity index (χ1v) is 11.9. The van der Waals surface area contributed by atoms with Crippen LogP contribution in [0.15, 0.2) is 91.5 Å². The molecule has 0 heteroatoms. The Labute approximate surface area is 190 Å². The van der Waals surface area contributed by atoms with Crippen molar-refractivity contribution in [1.82, 2.24) is 0 Å². The SMILES string of the molecule is C=Cc1c(CCCCCC)ccc2cc3ccccc3cc12.c1cc2cc3ccc2cc13. The van der Waals surface area contributed by atoms with Gasteiger partial charge in [0.25, 0.3) is 0 Å². The van der Waals surface area contributed by atoms with E-state index in [-0.39, 0.29) is 0 Å². The molecule has 0 heterocycles. The molecule has 0 aliphatic carbocycles. The molecule has 0 fully saturated rings. The highest BCUT2D eigenvalue weighted by Gasteiger charge is 2.06. The minimum absolute atomic E-state index is 1.16. The minimum Gasteiger partial charge on any atom is -0.0984 e. The largest absolute Gasteiger partial charge is 0.0984 e. The highest BCUT2D eigenvalue weighted by molar-refractivity contribution is 6.03. The van der Waals surface area contributed by atoms with Crippen LogP contribution in [-0.2, 0) is 6.42 Å². The summed E-state index contributed by atoms with van der Waals surface area (Å²) in [7, 11) is 0. The molecule has 8 aromatic carbocycles. The van der Waals surface area contributed by atoms with Gasteiger partial charge in [0.05, 0.1) is 0 Å². The monoisotopic (exact) mass is 414 g/mol. The van der Waals surface area contributed by atoms with Crippen molar-refractivity contribution >= 4 is 49.2 Å². The molecule has 8 rings (SSSR count). The van der Waals surface area contributed by atoms with Gasteiger partial charge in [-0.25, -0.2) is 0 Å². The summed E-state index contributed by atoms with van der Waals surface area (Å²) in [5, 5.41) is 10.7. The third-order valence-corrected chi connectivity index (χ3v) is 6.70. The smallest absolute Gasteiger partial charge is 0.0102 e. The Morgan fingerprint density at radius 3 is 1.69 bits per heavy atom. The third kappa shape index (κ3) is 3.94. The molecule has 0 nitrogen and oxygen atoms in total. The standard InChI is InChI=1S/C22H24.C10H6/c1-3-5-6-7-10-17-13-14-20-15-18-11-8-9-12-19(18)16-22(20)21(17)4-2;1-2-8-6-9-3-4-10(8)5-7(1)9/h4,8-9,11-16H,2-3,5-7,10H2,1H3;1-6H. The first-order chi connectivity index (χ1) is 15.8. The van der Waals surface area contributed by atoms with Gasteiger partial charge in [0.15, 0.2) is 0 Å². The Kier molecular flexibility index (Phi) is 5.77. The summed E-state index contributed by atoms with van der Waals surface area (Å²) < 4.78 is 0. The lowest BCUT2D eigenvalue weighted by molar-refractivity contribution is 0.667. The van der Waals surface area contributed by atoms with Gasteiger partial charge in [0.2, 0.25) is 0 Å². The fourth-order valence-corrected chi connectivity index (χ4v) is 4.89. The third-order valence-electron chi connectivity index (χ3n) is 6.70. The molecule has 0 radical (unpaired) electrons. The fraction of sp³-hybridized carbons (Fsp3) is 0.188. The Balaban J connectivity index is 0.000000177. The van der Waals surface area contributed by atoms with Crippen LogP contribution in [0.1, 0.15) is 43.7 Å². The Bertz CT molecular complexity index is 1390. The van der Waals surface area contributed by atoms with Crippen molar-refractivity contribution < 1.29 is 0 Å². The van der Waals surface area contributed by atoms with E-state index in [1.54, 1.807) is 0 Å². The van der Waals surface area contributed by atoms with Crippen molar-refractivity contribution in [2.75, 3.05) is 0 Å². The molecular weight excluding hydrogens is 384 g/mol. The topological polar surface area (TPSA) is 0 Å². The highest BCUT2D eigenvalue weighted by Crippen LogP contribution is 2.30. The molecule has 0 aromatic heterocycles. The number of aryl methyl sites for hydroxylation is 1. The van der Waals surface area contributed by atoms with Gasteiger partial charge < -0.3 is 0 Å². The van der Waals surface area contributed by atoms with Gasteiger partial charge >= 0.3 is 0 Å². The number of benzene rings is 8. The van der Waals surface area contributed by atoms with E-state index in [4.69, 9.17) is 0 Å². The predicted octanol–water partition coefficient (Wildman–Crippen LogP) is 9.63. The van der Waals surface area contributed by atoms with Gasteiger partial charge in [-0.3, -0.25) is 0 Å². The quantitative estimate of drug-likeness (QED) is 0.188. The summed E-state index contributed by atoms with van der Waals surface area (Å²) in [5.74, 6) is 0. The van der Waals surface area contributed by atoms with Gasteiger partial charge in [0, 0.05) is 0 Å². The summed E-state index contributed by atoms with van der Waals surface area (Å²) >= 11 is 0. The van der Waals surface area contributed by atoms with Crippen LogP contribution in [0.5, 0.6) is 0 Å². The van der Waals surface area contributed by atoms with Crippen molar-refractivity contribution in [3.8, 4) is 0 Å². The van der Waals surface area contributed by atoms with E-state index in [2.05, 4.69) is 98.4 Å². The molecule has 0 aliphatic rings. The van der Waals surface area contributed by atoms with Crippen molar-refractivity contribution in [2.24, 2.45) is 0 Å². The summed E-state index contributed by atoms with van der Waals surface area (Å²) in [6.45, 7) is 6.33. The lowest BCUT2D eigenvalue weighted by atomic mass is 9.93. The second-order valence-electron chi connectivity index (χ2n) is 8.85. The summed E-state index contributed by atoms with van der Waals surface area (Å²) in [4.78, 5) is 0. The number of unbranched alkanes of at least 4 members (excludes halogenated alkanes) is 3. The molecule has 158 valence electrons. The molecule has 0 saturated heterocycles. The maximum atomic E-state index is 4.07. The molecule has 0 saturated carbocycles. The molecular formula is C32H30. The van der Waals surface area contributed by atoms with Gasteiger partial charge in [-0.2, -0.15) is 0 Å². The molecule has 0 atom stereocenters. The van der Waals surface area contributed by atoms with Crippen molar-refractivity contribution in [3.05, 3.63) is 103 Å². The van der Waals surface area contributed by atoms with Crippen LogP contribution in [0.2, 0.25) is 0 Å². The van der Waals surface area contributed by atoms with Crippen LogP contribution in [-0.4, -0.2) is 0 Å². The number of rotatable bonds is 6. The minimum atomic E-state index is 1.16. The van der Waals surface area contributed by atoms with Crippen LogP contribution in [0.4, 0.5) is 0 Å². The maximum Gasteiger partial charge on any atom is -0.0102 e. The Morgan fingerprint density at radius 2 is 1.12 bits per heavy atom. The molecule has 0 N–H and O–H groups in total. The van der Waals surface area contributed by atoms with Crippen LogP contribution in [0, 0.1) is 0 Å². The molecule has 0 amide bonds. The summed E-state index contributed by atoms with van der Waals surface area (Å²) in [6.07, 6.45) is 8.41. The molecule has 8 aromatic rings. The zero-order valence-electron chi connectivity index (χ0n) is 18.9. The first kappa shape index (κ1) is 20.5. The van der Waals surface area contributed by atoms with E-state index in [0.717, 1.165) is 6.42 Å². The highest BCUT2D eigenvalue weighted by atomic mass is 14.1. The van der Waals surface area contributed by atoms with E-state index in [1.165, 1.54) is 79.9 Å². The Morgan fingerprint density at radius 1 is 0.594 bits per heavy atom. The summed E-state index contributed by atoms with van der Waals surface area (Å²) in [5.41, 5.74) is 2.76. The van der Waals surface area contributed by atoms with Gasteiger partial charge in [-0.1, -0.05) is 99.5 Å². The number of hydrogen-bond acceptors (Lipinski definition) is 0. The van der Waals surface area contributed by atoms with Crippen molar-refractivity contribution in [3.63, 3.8) is 0 Å². The van der Waals surface area contributed by atoms with Crippen LogP contribution >= 0.6 is 0 Å². The Hall–Kier alpha value is -3.38. The zero-order valence-corrected chi connectivity index (χ0v) is 18.9. The molecule has 0 unspecified atom stereocenters. The maximum absolute atomic E-state index is 4.07. The molecule has 0 spiro atoms. The first-order valence-electron chi connectivity index (χ1n) is 11.9. The fourth-order valence-electron chi connectivity index (χ4n) is 4.89. The predicted molar refractivity (Wildman–Crippen MR) is 143 cm³/mol. The normalized spacial score (nSPS) is 11.4. The average molecular weight is 415 g/mol. The van der Waals surface area contributed by atoms with Crippen molar-refractivity contribution in [1.29, 1.82) is 0 Å². The zero-order chi connectivity index (χ0) is 21.9. The lowest BCUT2D eigenvalue weighted by Gasteiger charge is -2.11. The van der Waals surface area contributed by atoms with E-state index < -0.39 is 0 Å². The van der Waals surface area contributed by atoms with E-state index >= 15 is 0 Å². The van der Waals surface area contributed by atoms with Crippen LogP contribution in [0.25, 0.3) is 49.2 Å². The second-order valence-corrected chi connectivity index (χ2v) is 8.85. The number of hydrogen-bond donors (Lipinski definition) is 0. The average Bonchev–Trinajstić information content (AvgIpc) is 2.86. The van der Waals surface area contributed by atoms with Gasteiger partial charge in [0.1, 0.15) is 0 Å². The molecule has 0 aliphatic heterocycles. The molecule has 4 bridgehead atoms. The number of fused-ring (bicyclic) bond motifs is 4.